The van der Waals surface area contributed by atoms with Crippen molar-refractivity contribution in [2.45, 2.75) is 39.3 Å². The highest BCUT2D eigenvalue weighted by Crippen LogP contribution is 2.21. The second-order valence-corrected chi connectivity index (χ2v) is 14.6. The van der Waals surface area contributed by atoms with E-state index >= 15 is 0 Å². The summed E-state index contributed by atoms with van der Waals surface area (Å²) in [5.41, 5.74) is 0.812. The number of rotatable bonds is 9. The Bertz CT molecular complexity index is 1270. The summed E-state index contributed by atoms with van der Waals surface area (Å²) >= 11 is 0. The molecule has 0 bridgehead atoms. The molecule has 0 aromatic heterocycles. The van der Waals surface area contributed by atoms with Crippen molar-refractivity contribution < 1.29 is 9.90 Å². The van der Waals surface area contributed by atoms with Crippen LogP contribution >= 0.6 is 0 Å². The molecule has 5 heteroatoms. The second-order valence-electron chi connectivity index (χ2n) is 10.8. The van der Waals surface area contributed by atoms with Gasteiger partial charge in [0.15, 0.2) is 8.07 Å². The third-order valence-corrected chi connectivity index (χ3v) is 12.8. The van der Waals surface area contributed by atoms with E-state index in [9.17, 15) is 9.90 Å². The lowest BCUT2D eigenvalue weighted by Gasteiger charge is -2.35. The Balaban J connectivity index is 1.61. The number of phenolic OH excluding ortho intramolecular Hbond substituents is 1. The number of aromatic hydroxyl groups is 1. The number of likely N-dealkylation sites (tertiary alicyclic amines) is 1. The Morgan fingerprint density at radius 1 is 0.769 bits per heavy atom. The molecule has 200 valence electrons. The molecule has 1 amide bonds. The molecule has 4 aromatic rings. The minimum atomic E-state index is -2.85. The molecule has 0 unspecified atom stereocenters. The van der Waals surface area contributed by atoms with Gasteiger partial charge < -0.3 is 15.3 Å². The van der Waals surface area contributed by atoms with Gasteiger partial charge in [0, 0.05) is 25.2 Å². The van der Waals surface area contributed by atoms with Crippen LogP contribution in [0.25, 0.3) is 0 Å². The maximum atomic E-state index is 13.3. The zero-order valence-electron chi connectivity index (χ0n) is 22.9. The molecule has 1 heterocycles. The lowest BCUT2D eigenvalue weighted by Crippen LogP contribution is -2.74. The van der Waals surface area contributed by atoms with E-state index in [1.165, 1.54) is 15.6 Å². The van der Waals surface area contributed by atoms with Crippen LogP contribution in [0.5, 0.6) is 5.75 Å². The quantitative estimate of drug-likeness (QED) is 0.255. The van der Waals surface area contributed by atoms with Crippen molar-refractivity contribution >= 4 is 34.7 Å². The van der Waals surface area contributed by atoms with Gasteiger partial charge in [-0.3, -0.25) is 4.79 Å². The summed E-state index contributed by atoms with van der Waals surface area (Å²) in [6.07, 6.45) is 2.15. The lowest BCUT2D eigenvalue weighted by molar-refractivity contribution is -0.133. The van der Waals surface area contributed by atoms with E-state index in [1.54, 1.807) is 0 Å². The fourth-order valence-electron chi connectivity index (χ4n) is 6.03. The summed E-state index contributed by atoms with van der Waals surface area (Å²) in [5.74, 6) is 0.624. The normalized spacial score (nSPS) is 14.5. The number of nitrogens with zero attached hydrogens (tertiary/aromatic N) is 1. The first-order chi connectivity index (χ1) is 19.0. The van der Waals surface area contributed by atoms with Gasteiger partial charge in [-0.25, -0.2) is 0 Å². The third kappa shape index (κ3) is 5.29. The average molecular weight is 535 g/mol. The number of phenols is 1. The summed E-state index contributed by atoms with van der Waals surface area (Å²) in [4.78, 5) is 15.3. The first-order valence-electron chi connectivity index (χ1n) is 14.0. The van der Waals surface area contributed by atoms with Gasteiger partial charge in [-0.1, -0.05) is 123 Å². The maximum absolute atomic E-state index is 13.3. The van der Waals surface area contributed by atoms with Crippen LogP contribution in [0.2, 0.25) is 0 Å². The van der Waals surface area contributed by atoms with E-state index < -0.39 is 8.07 Å². The van der Waals surface area contributed by atoms with Crippen LogP contribution in [0.4, 0.5) is 0 Å². The summed E-state index contributed by atoms with van der Waals surface area (Å²) in [6.45, 7) is 6.26. The molecular formula is C34H38N2O2Si. The largest absolute Gasteiger partial charge is 0.508 e. The van der Waals surface area contributed by atoms with Crippen LogP contribution < -0.4 is 26.1 Å². The molecule has 0 aliphatic carbocycles. The van der Waals surface area contributed by atoms with Crippen molar-refractivity contribution in [1.29, 1.82) is 0 Å². The first kappa shape index (κ1) is 26.9. The fourth-order valence-corrected chi connectivity index (χ4v) is 10.9. The zero-order chi connectivity index (χ0) is 27.2. The molecule has 0 radical (unpaired) electrons. The van der Waals surface area contributed by atoms with Crippen molar-refractivity contribution in [2.24, 2.45) is 5.92 Å². The minimum Gasteiger partial charge on any atom is -0.508 e. The SMILES string of the molecule is CC(C)[C@H](NCc1cccc([Si](c2ccccc2)(c2ccccc2)c2ccccc2)c1O)C(=O)N1CCCC1. The molecule has 1 saturated heterocycles. The van der Waals surface area contributed by atoms with Gasteiger partial charge in [-0.15, -0.1) is 0 Å². The van der Waals surface area contributed by atoms with Crippen LogP contribution in [-0.4, -0.2) is 43.1 Å². The van der Waals surface area contributed by atoms with Gasteiger partial charge in [0.25, 0.3) is 0 Å². The van der Waals surface area contributed by atoms with Crippen molar-refractivity contribution in [2.75, 3.05) is 13.1 Å². The van der Waals surface area contributed by atoms with E-state index in [-0.39, 0.29) is 17.9 Å². The monoisotopic (exact) mass is 534 g/mol. The number of amides is 1. The molecule has 1 aliphatic rings. The molecule has 2 N–H and O–H groups in total. The molecule has 1 atom stereocenters. The van der Waals surface area contributed by atoms with Crippen LogP contribution in [0, 0.1) is 5.92 Å². The molecule has 0 saturated carbocycles. The van der Waals surface area contributed by atoms with Gasteiger partial charge in [-0.2, -0.15) is 0 Å². The number of nitrogens with one attached hydrogen (secondary N) is 1. The number of para-hydroxylation sites is 1. The van der Waals surface area contributed by atoms with Crippen molar-refractivity contribution in [3.05, 3.63) is 115 Å². The van der Waals surface area contributed by atoms with E-state index in [4.69, 9.17) is 0 Å². The van der Waals surface area contributed by atoms with Gasteiger partial charge in [0.05, 0.1) is 6.04 Å². The second kappa shape index (κ2) is 12.0. The Morgan fingerprint density at radius 2 is 1.26 bits per heavy atom. The minimum absolute atomic E-state index is 0.148. The fraction of sp³-hybridized carbons (Fsp3) is 0.265. The van der Waals surface area contributed by atoms with Gasteiger partial charge in [0.2, 0.25) is 5.91 Å². The average Bonchev–Trinajstić information content (AvgIpc) is 3.52. The highest BCUT2D eigenvalue weighted by Gasteiger charge is 2.43. The summed E-state index contributed by atoms with van der Waals surface area (Å²) < 4.78 is 0. The molecule has 1 fully saturated rings. The lowest BCUT2D eigenvalue weighted by atomic mass is 10.0. The molecule has 4 nitrogen and oxygen atoms in total. The highest BCUT2D eigenvalue weighted by molar-refractivity contribution is 7.20. The van der Waals surface area contributed by atoms with Crippen LogP contribution in [0.15, 0.2) is 109 Å². The van der Waals surface area contributed by atoms with Gasteiger partial charge in [0.1, 0.15) is 5.75 Å². The predicted molar refractivity (Wildman–Crippen MR) is 163 cm³/mol. The van der Waals surface area contributed by atoms with Crippen molar-refractivity contribution in [1.82, 2.24) is 10.2 Å². The van der Waals surface area contributed by atoms with E-state index in [2.05, 4.69) is 104 Å². The zero-order valence-corrected chi connectivity index (χ0v) is 23.9. The Labute approximate surface area is 233 Å². The van der Waals surface area contributed by atoms with Crippen LogP contribution in [0.1, 0.15) is 32.3 Å². The summed E-state index contributed by atoms with van der Waals surface area (Å²) in [7, 11) is -2.85. The van der Waals surface area contributed by atoms with Crippen LogP contribution in [0.3, 0.4) is 0 Å². The summed E-state index contributed by atoms with van der Waals surface area (Å²) in [5, 5.41) is 20.1. The predicted octanol–water partition coefficient (Wildman–Crippen LogP) is 3.51. The number of carbonyl (C=O) groups excluding carboxylic acids is 1. The number of hydrogen-bond acceptors (Lipinski definition) is 3. The highest BCUT2D eigenvalue weighted by atomic mass is 28.3. The summed E-state index contributed by atoms with van der Waals surface area (Å²) in [6, 6.07) is 37.6. The smallest absolute Gasteiger partial charge is 0.239 e. The Hall–Kier alpha value is -3.67. The van der Waals surface area contributed by atoms with Crippen LogP contribution in [-0.2, 0) is 11.3 Å². The Morgan fingerprint density at radius 3 is 1.72 bits per heavy atom. The first-order valence-corrected chi connectivity index (χ1v) is 16.0. The van der Waals surface area contributed by atoms with Gasteiger partial charge in [-0.05, 0) is 39.5 Å². The maximum Gasteiger partial charge on any atom is 0.239 e. The third-order valence-electron chi connectivity index (χ3n) is 8.01. The molecule has 0 spiro atoms. The Kier molecular flexibility index (Phi) is 8.29. The molecular weight excluding hydrogens is 496 g/mol. The van der Waals surface area contributed by atoms with Crippen molar-refractivity contribution in [3.8, 4) is 5.75 Å². The molecule has 5 rings (SSSR count). The standard InChI is InChI=1S/C34H38N2O2Si/c1-26(2)32(34(38)36-23-12-13-24-36)35-25-27-15-14-22-31(33(27)37)39(28-16-6-3-7-17-28,29-18-8-4-9-19-29)30-20-10-5-11-21-30/h3-11,14-22,26,32,35,37H,12-13,23-25H2,1-2H3/t32-/m0/s1. The molecule has 4 aromatic carbocycles. The van der Waals surface area contributed by atoms with E-state index in [0.29, 0.717) is 12.3 Å². The number of benzene rings is 4. The molecule has 1 aliphatic heterocycles. The number of hydrogen-bond donors (Lipinski definition) is 2. The topological polar surface area (TPSA) is 52.6 Å². The molecule has 39 heavy (non-hydrogen) atoms. The van der Waals surface area contributed by atoms with Gasteiger partial charge >= 0.3 is 0 Å². The number of carbonyl (C=O) groups is 1. The van der Waals surface area contributed by atoms with E-state index in [0.717, 1.165) is 36.7 Å². The van der Waals surface area contributed by atoms with E-state index in [1.807, 2.05) is 29.2 Å². The van der Waals surface area contributed by atoms with Crippen molar-refractivity contribution in [3.63, 3.8) is 0 Å².